The second-order valence-electron chi connectivity index (χ2n) is 13.0. The van der Waals surface area contributed by atoms with Crippen molar-refractivity contribution < 1.29 is 26.5 Å². The summed E-state index contributed by atoms with van der Waals surface area (Å²) in [6.45, 7) is 11.3. The molecule has 0 bridgehead atoms. The van der Waals surface area contributed by atoms with Crippen molar-refractivity contribution in [2.24, 2.45) is 0 Å². The van der Waals surface area contributed by atoms with Crippen LogP contribution < -0.4 is 20.1 Å². The zero-order valence-electron chi connectivity index (χ0n) is 29.2. The van der Waals surface area contributed by atoms with Gasteiger partial charge in [-0.1, -0.05) is 59.0 Å². The molecule has 0 aliphatic heterocycles. The monoisotopic (exact) mass is 702 g/mol. The van der Waals surface area contributed by atoms with Gasteiger partial charge in [0.05, 0.1) is 14.2 Å². The van der Waals surface area contributed by atoms with E-state index in [0.29, 0.717) is 5.66 Å². The Morgan fingerprint density at radius 3 is 1.53 bits per heavy atom. The van der Waals surface area contributed by atoms with Crippen LogP contribution in [0.3, 0.4) is 0 Å². The van der Waals surface area contributed by atoms with Gasteiger partial charge in [0.25, 0.3) is 0 Å². The number of hydrogen-bond donors (Lipinski definition) is 0. The third-order valence-electron chi connectivity index (χ3n) is 9.84. The quantitative estimate of drug-likeness (QED) is 0.112. The van der Waals surface area contributed by atoms with E-state index in [-0.39, 0.29) is 25.0 Å². The Morgan fingerprint density at radius 1 is 0.702 bits per heavy atom. The molecule has 4 aliphatic rings. The van der Waals surface area contributed by atoms with E-state index in [0.717, 1.165) is 22.8 Å². The smallest absolute Gasteiger partial charge is 0.496 e. The van der Waals surface area contributed by atoms with Crippen molar-refractivity contribution in [3.63, 3.8) is 0 Å². The van der Waals surface area contributed by atoms with Crippen LogP contribution in [0.1, 0.15) is 93.4 Å². The molecule has 2 saturated carbocycles. The Hall–Kier alpha value is -2.24. The van der Waals surface area contributed by atoms with Gasteiger partial charge in [-0.2, -0.15) is 11.6 Å². The summed E-state index contributed by atoms with van der Waals surface area (Å²) in [5.74, 6) is 1.98. The third-order valence-corrected chi connectivity index (χ3v) is 16.1. The molecule has 0 spiro atoms. The maximum atomic E-state index is 5.78. The minimum atomic E-state index is -0.840. The standard InChI is InChI=1S/C37H48O2P2.C5.Fe/c1-25-21-32(22-26(2)36(25)38-6)41(33-23-27(3)37(39-7)28(4)24-33)35-20-14-19-34(35)29(5)40(30-15-10-8-11-16-30)31-17-12-9-13-18-31;1-2-4-5-3-1;/h21-24,29-31H,8-13,15-18H2,1-7H3;;/q2*-1;+2/t29-;;/m0../s1. The number of methoxy groups -OCH3 is 2. The number of hydrogen-bond acceptors (Lipinski definition) is 2. The van der Waals surface area contributed by atoms with Crippen LogP contribution in [-0.2, 0) is 17.1 Å². The number of benzene rings is 2. The first-order chi connectivity index (χ1) is 22.3. The van der Waals surface area contributed by atoms with Crippen LogP contribution in [0, 0.1) is 52.0 Å². The molecule has 2 radical (unpaired) electrons. The van der Waals surface area contributed by atoms with Crippen LogP contribution in [0.4, 0.5) is 0 Å². The van der Waals surface area contributed by atoms with Gasteiger partial charge in [-0.05, 0) is 122 Å². The van der Waals surface area contributed by atoms with Crippen LogP contribution in [0.15, 0.2) is 58.1 Å². The summed E-state index contributed by atoms with van der Waals surface area (Å²) >= 11 is 0. The van der Waals surface area contributed by atoms with E-state index < -0.39 is 7.92 Å². The predicted octanol–water partition coefficient (Wildman–Crippen LogP) is 10.1. The molecule has 0 amide bonds. The first kappa shape index (κ1) is 37.6. The molecule has 0 heterocycles. The Balaban J connectivity index is 0.000000762. The van der Waals surface area contributed by atoms with Gasteiger partial charge < -0.3 is 9.47 Å². The van der Waals surface area contributed by atoms with Crippen molar-refractivity contribution in [2.75, 3.05) is 14.2 Å². The largest absolute Gasteiger partial charge is 2.00 e. The van der Waals surface area contributed by atoms with Crippen molar-refractivity contribution in [1.29, 1.82) is 0 Å². The molecule has 1 atom stereocenters. The second-order valence-corrected chi connectivity index (χ2v) is 18.3. The van der Waals surface area contributed by atoms with E-state index >= 15 is 0 Å². The Bertz CT molecular complexity index is 1510. The summed E-state index contributed by atoms with van der Waals surface area (Å²) in [5, 5.41) is 4.05. The van der Waals surface area contributed by atoms with E-state index in [1.54, 1.807) is 14.2 Å². The Labute approximate surface area is 297 Å². The van der Waals surface area contributed by atoms with Crippen LogP contribution in [-0.4, -0.2) is 31.2 Å². The molecule has 0 unspecified atom stereocenters. The molecule has 2 fully saturated rings. The van der Waals surface area contributed by atoms with Crippen molar-refractivity contribution in [3.05, 3.63) is 105 Å². The Kier molecular flexibility index (Phi) is 14.4. The molecule has 2 aromatic carbocycles. The van der Waals surface area contributed by atoms with E-state index in [1.165, 1.54) is 108 Å². The Morgan fingerprint density at radius 2 is 1.17 bits per heavy atom. The van der Waals surface area contributed by atoms with Crippen molar-refractivity contribution >= 4 is 26.5 Å². The maximum Gasteiger partial charge on any atom is 2.00 e. The summed E-state index contributed by atoms with van der Waals surface area (Å²) < 4.78 is 11.6. The fourth-order valence-corrected chi connectivity index (χ4v) is 15.1. The van der Waals surface area contributed by atoms with E-state index in [9.17, 15) is 0 Å². The molecule has 2 aromatic rings. The third kappa shape index (κ3) is 8.87. The minimum absolute atomic E-state index is 0. The summed E-state index contributed by atoms with van der Waals surface area (Å²) in [5.41, 5.74) is 19.7. The minimum Gasteiger partial charge on any atom is -0.496 e. The second kappa shape index (κ2) is 18.0. The van der Waals surface area contributed by atoms with Gasteiger partial charge in [0, 0.05) is 0 Å². The van der Waals surface area contributed by atoms with Crippen molar-refractivity contribution in [1.82, 2.24) is 0 Å². The van der Waals surface area contributed by atoms with Gasteiger partial charge in [-0.25, -0.2) is 5.73 Å². The molecule has 2 nitrogen and oxygen atoms in total. The average molecular weight is 703 g/mol. The zero-order valence-corrected chi connectivity index (χ0v) is 32.1. The SMILES string of the molecule is COc1c(C)cc(P(C2=C=[C-][C]=C2[C@H](C)P(C2CCCCC2)C2CCCCC2)c2cc(C)c(OC)c(C)c2)cc1C.[C]1=C=C=C=[C-]1.[Fe+2]. The number of rotatable bonds is 9. The molecular weight excluding hydrogens is 654 g/mol. The summed E-state index contributed by atoms with van der Waals surface area (Å²) in [6, 6.07) is 9.42. The van der Waals surface area contributed by atoms with Crippen LogP contribution in [0.5, 0.6) is 11.5 Å². The molecule has 47 heavy (non-hydrogen) atoms. The molecule has 6 rings (SSSR count). The molecule has 246 valence electrons. The van der Waals surface area contributed by atoms with Crippen molar-refractivity contribution in [3.8, 4) is 11.5 Å². The summed E-state index contributed by atoms with van der Waals surface area (Å²) in [7, 11) is 2.59. The topological polar surface area (TPSA) is 18.5 Å². The van der Waals surface area contributed by atoms with E-state index in [4.69, 9.17) is 9.47 Å². The van der Waals surface area contributed by atoms with Gasteiger partial charge >= 0.3 is 17.1 Å². The van der Waals surface area contributed by atoms with E-state index in [2.05, 4.69) is 106 Å². The summed E-state index contributed by atoms with van der Waals surface area (Å²) in [4.78, 5) is 0. The zero-order chi connectivity index (χ0) is 32.6. The van der Waals surface area contributed by atoms with Gasteiger partial charge in [-0.3, -0.25) is 17.2 Å². The van der Waals surface area contributed by atoms with Crippen LogP contribution in [0.2, 0.25) is 0 Å². The molecule has 0 saturated heterocycles. The first-order valence-electron chi connectivity index (χ1n) is 17.0. The normalized spacial score (nSPS) is 17.8. The van der Waals surface area contributed by atoms with Gasteiger partial charge in [0.2, 0.25) is 0 Å². The van der Waals surface area contributed by atoms with Crippen LogP contribution >= 0.6 is 15.8 Å². The molecular formula is C42H48FeO2P2. The summed E-state index contributed by atoms with van der Waals surface area (Å²) in [6.07, 6.45) is 26.3. The molecule has 4 aliphatic carbocycles. The average Bonchev–Trinajstić information content (AvgIpc) is 3.79. The molecule has 0 N–H and O–H groups in total. The van der Waals surface area contributed by atoms with Gasteiger partial charge in [0.1, 0.15) is 11.5 Å². The fourth-order valence-electron chi connectivity index (χ4n) is 7.92. The number of allylic oxidation sites excluding steroid dienone is 5. The molecule has 0 aromatic heterocycles. The van der Waals surface area contributed by atoms with E-state index in [1.807, 2.05) is 0 Å². The van der Waals surface area contributed by atoms with Crippen LogP contribution in [0.25, 0.3) is 0 Å². The maximum absolute atomic E-state index is 5.78. The molecule has 5 heteroatoms. The number of aryl methyl sites for hydroxylation is 4. The first-order valence-corrected chi connectivity index (χ1v) is 19.9. The predicted molar refractivity (Wildman–Crippen MR) is 195 cm³/mol. The van der Waals surface area contributed by atoms with Gasteiger partial charge in [-0.15, -0.1) is 31.5 Å². The van der Waals surface area contributed by atoms with Crippen molar-refractivity contribution in [2.45, 2.75) is 116 Å². The number of ether oxygens (including phenoxy) is 2. The van der Waals surface area contributed by atoms with Gasteiger partial charge in [0.15, 0.2) is 0 Å². The fraction of sp³-hybridized carbons (Fsp3) is 0.476.